The molecule has 0 radical (unpaired) electrons. The van der Waals surface area contributed by atoms with Gasteiger partial charge in [-0.05, 0) is 63.8 Å². The SMILES string of the molecule is CSCCC(NC(=O)C(C)Oc1ccc2c(C)c(C)c(=O)oc2c1C)C(=O)O. The van der Waals surface area contributed by atoms with Crippen molar-refractivity contribution in [3.05, 3.63) is 39.2 Å². The first-order chi connectivity index (χ1) is 13.2. The molecule has 8 heteroatoms. The van der Waals surface area contributed by atoms with Crippen molar-refractivity contribution < 1.29 is 23.8 Å². The lowest BCUT2D eigenvalue weighted by molar-refractivity contribution is -0.142. The van der Waals surface area contributed by atoms with Crippen LogP contribution in [0.1, 0.15) is 30.0 Å². The second-order valence-corrected chi connectivity index (χ2v) is 7.63. The van der Waals surface area contributed by atoms with Gasteiger partial charge in [-0.2, -0.15) is 11.8 Å². The highest BCUT2D eigenvalue weighted by Gasteiger charge is 2.24. The maximum Gasteiger partial charge on any atom is 0.339 e. The number of aryl methyl sites for hydroxylation is 2. The number of benzene rings is 1. The van der Waals surface area contributed by atoms with Gasteiger partial charge in [0.25, 0.3) is 5.91 Å². The van der Waals surface area contributed by atoms with Gasteiger partial charge >= 0.3 is 11.6 Å². The van der Waals surface area contributed by atoms with Gasteiger partial charge in [0.15, 0.2) is 6.10 Å². The number of amides is 1. The summed E-state index contributed by atoms with van der Waals surface area (Å²) in [5.41, 5.74) is 2.01. The first kappa shape index (κ1) is 21.8. The first-order valence-corrected chi connectivity index (χ1v) is 10.3. The van der Waals surface area contributed by atoms with Crippen molar-refractivity contribution in [2.75, 3.05) is 12.0 Å². The second-order valence-electron chi connectivity index (χ2n) is 6.65. The fourth-order valence-electron chi connectivity index (χ4n) is 2.78. The summed E-state index contributed by atoms with van der Waals surface area (Å²) in [5, 5.41) is 12.6. The zero-order valence-electron chi connectivity index (χ0n) is 16.6. The minimum atomic E-state index is -1.08. The van der Waals surface area contributed by atoms with Crippen LogP contribution in [0.4, 0.5) is 0 Å². The number of fused-ring (bicyclic) bond motifs is 1. The Morgan fingerprint density at radius 3 is 2.50 bits per heavy atom. The second kappa shape index (κ2) is 9.14. The van der Waals surface area contributed by atoms with Gasteiger partial charge in [0.2, 0.25) is 0 Å². The van der Waals surface area contributed by atoms with E-state index in [2.05, 4.69) is 5.32 Å². The lowest BCUT2D eigenvalue weighted by atomic mass is 10.0. The van der Waals surface area contributed by atoms with Crippen LogP contribution < -0.4 is 15.7 Å². The van der Waals surface area contributed by atoms with Crippen molar-refractivity contribution in [1.82, 2.24) is 5.32 Å². The van der Waals surface area contributed by atoms with Gasteiger partial charge in [0, 0.05) is 16.5 Å². The number of ether oxygens (including phenoxy) is 1. The number of carboxylic acids is 1. The molecule has 2 N–H and O–H groups in total. The molecule has 0 bridgehead atoms. The average Bonchev–Trinajstić information content (AvgIpc) is 2.65. The van der Waals surface area contributed by atoms with Crippen molar-refractivity contribution in [2.45, 2.75) is 46.3 Å². The molecule has 1 aromatic carbocycles. The molecule has 0 fully saturated rings. The molecule has 7 nitrogen and oxygen atoms in total. The third kappa shape index (κ3) is 4.67. The number of hydrogen-bond donors (Lipinski definition) is 2. The van der Waals surface area contributed by atoms with Gasteiger partial charge in [0.1, 0.15) is 17.4 Å². The van der Waals surface area contributed by atoms with Crippen molar-refractivity contribution in [2.24, 2.45) is 0 Å². The normalized spacial score (nSPS) is 13.2. The van der Waals surface area contributed by atoms with E-state index < -0.39 is 29.6 Å². The fourth-order valence-corrected chi connectivity index (χ4v) is 3.25. The highest BCUT2D eigenvalue weighted by Crippen LogP contribution is 2.29. The molecule has 0 aliphatic rings. The van der Waals surface area contributed by atoms with Crippen LogP contribution >= 0.6 is 11.8 Å². The van der Waals surface area contributed by atoms with E-state index in [0.29, 0.717) is 34.6 Å². The molecular formula is C20H25NO6S. The Balaban J connectivity index is 2.22. The van der Waals surface area contributed by atoms with E-state index in [4.69, 9.17) is 9.15 Å². The zero-order chi connectivity index (χ0) is 21.0. The molecule has 1 amide bonds. The van der Waals surface area contributed by atoms with Gasteiger partial charge in [-0.3, -0.25) is 4.79 Å². The number of carbonyl (C=O) groups excluding carboxylic acids is 1. The summed E-state index contributed by atoms with van der Waals surface area (Å²) < 4.78 is 11.1. The number of carbonyl (C=O) groups is 2. The largest absolute Gasteiger partial charge is 0.480 e. The molecule has 0 aliphatic carbocycles. The molecule has 1 aromatic heterocycles. The highest BCUT2D eigenvalue weighted by molar-refractivity contribution is 7.98. The highest BCUT2D eigenvalue weighted by atomic mass is 32.2. The number of thioether (sulfide) groups is 1. The minimum absolute atomic E-state index is 0.327. The standard InChI is InChI=1S/C20H25NO6S/c1-10-11(2)20(25)27-17-12(3)16(7-6-14(10)17)26-13(4)18(22)21-15(19(23)24)8-9-28-5/h6-7,13,15H,8-9H2,1-5H3,(H,21,22)(H,23,24). The Hall–Kier alpha value is -2.48. The third-order valence-electron chi connectivity index (χ3n) is 4.72. The lowest BCUT2D eigenvalue weighted by Gasteiger charge is -2.20. The maximum atomic E-state index is 12.4. The van der Waals surface area contributed by atoms with E-state index in [1.165, 1.54) is 11.8 Å². The molecule has 28 heavy (non-hydrogen) atoms. The van der Waals surface area contributed by atoms with Crippen LogP contribution in [-0.2, 0) is 9.59 Å². The monoisotopic (exact) mass is 407 g/mol. The summed E-state index contributed by atoms with van der Waals surface area (Å²) in [6, 6.07) is 2.54. The lowest BCUT2D eigenvalue weighted by Crippen LogP contribution is -2.46. The van der Waals surface area contributed by atoms with Gasteiger partial charge in [-0.15, -0.1) is 0 Å². The van der Waals surface area contributed by atoms with Crippen molar-refractivity contribution in [1.29, 1.82) is 0 Å². The fraction of sp³-hybridized carbons (Fsp3) is 0.450. The van der Waals surface area contributed by atoms with Crippen LogP contribution in [0.15, 0.2) is 21.3 Å². The number of rotatable bonds is 8. The molecule has 0 spiro atoms. The summed E-state index contributed by atoms with van der Waals surface area (Å²) in [5.74, 6) is -0.579. The van der Waals surface area contributed by atoms with Crippen molar-refractivity contribution in [3.8, 4) is 5.75 Å². The Bertz CT molecular complexity index is 952. The summed E-state index contributed by atoms with van der Waals surface area (Å²) in [6.07, 6.45) is 1.29. The van der Waals surface area contributed by atoms with Gasteiger partial charge in [-0.1, -0.05) is 0 Å². The predicted octanol–water partition coefficient (Wildman–Crippen LogP) is 2.81. The van der Waals surface area contributed by atoms with Crippen molar-refractivity contribution >= 4 is 34.6 Å². The Morgan fingerprint density at radius 1 is 1.21 bits per heavy atom. The molecule has 2 unspecified atom stereocenters. The van der Waals surface area contributed by atoms with Gasteiger partial charge in [-0.25, -0.2) is 9.59 Å². The van der Waals surface area contributed by atoms with Gasteiger partial charge in [0.05, 0.1) is 0 Å². The maximum absolute atomic E-state index is 12.4. The van der Waals surface area contributed by atoms with E-state index in [9.17, 15) is 19.5 Å². The van der Waals surface area contributed by atoms with Crippen LogP contribution in [0.25, 0.3) is 11.0 Å². The van der Waals surface area contributed by atoms with E-state index in [1.54, 1.807) is 32.9 Å². The Labute approximate surface area is 167 Å². The number of carboxylic acid groups (broad SMARTS) is 1. The predicted molar refractivity (Wildman–Crippen MR) is 109 cm³/mol. The van der Waals surface area contributed by atoms with Crippen LogP contribution in [0.5, 0.6) is 5.75 Å². The number of aliphatic carboxylic acids is 1. The summed E-state index contributed by atoms with van der Waals surface area (Å²) in [6.45, 7) is 6.86. The molecule has 2 rings (SSSR count). The summed E-state index contributed by atoms with van der Waals surface area (Å²) in [7, 11) is 0. The van der Waals surface area contributed by atoms with Crippen LogP contribution in [0, 0.1) is 20.8 Å². The average molecular weight is 407 g/mol. The molecule has 1 heterocycles. The Kier molecular flexibility index (Phi) is 7.12. The van der Waals surface area contributed by atoms with E-state index >= 15 is 0 Å². The van der Waals surface area contributed by atoms with Gasteiger partial charge < -0.3 is 19.6 Å². The zero-order valence-corrected chi connectivity index (χ0v) is 17.4. The van der Waals surface area contributed by atoms with Crippen molar-refractivity contribution in [3.63, 3.8) is 0 Å². The molecule has 0 saturated carbocycles. The molecule has 152 valence electrons. The summed E-state index contributed by atoms with van der Waals surface area (Å²) >= 11 is 1.51. The smallest absolute Gasteiger partial charge is 0.339 e. The van der Waals surface area contributed by atoms with Crippen LogP contribution in [0.2, 0.25) is 0 Å². The molecule has 2 aromatic rings. The number of hydrogen-bond acceptors (Lipinski definition) is 6. The topological polar surface area (TPSA) is 106 Å². The first-order valence-electron chi connectivity index (χ1n) is 8.89. The van der Waals surface area contributed by atoms with E-state index in [-0.39, 0.29) is 0 Å². The summed E-state index contributed by atoms with van der Waals surface area (Å²) in [4.78, 5) is 35.7. The quantitative estimate of drug-likeness (QED) is 0.648. The molecule has 2 atom stereocenters. The van der Waals surface area contributed by atoms with Crippen LogP contribution in [-0.4, -0.2) is 41.1 Å². The minimum Gasteiger partial charge on any atom is -0.480 e. The van der Waals surface area contributed by atoms with E-state index in [0.717, 1.165) is 10.9 Å². The van der Waals surface area contributed by atoms with E-state index in [1.807, 2.05) is 13.2 Å². The number of nitrogens with one attached hydrogen (secondary N) is 1. The van der Waals surface area contributed by atoms with Crippen LogP contribution in [0.3, 0.4) is 0 Å². The molecular weight excluding hydrogens is 382 g/mol. The Morgan fingerprint density at radius 2 is 1.89 bits per heavy atom. The molecule has 0 saturated heterocycles. The third-order valence-corrected chi connectivity index (χ3v) is 5.37. The molecule has 0 aliphatic heterocycles.